The third-order valence-corrected chi connectivity index (χ3v) is 3.23. The van der Waals surface area contributed by atoms with Crippen LogP contribution in [0.15, 0.2) is 29.8 Å². The predicted molar refractivity (Wildman–Crippen MR) is 70.4 cm³/mol. The molecule has 0 aliphatic heterocycles. The summed E-state index contributed by atoms with van der Waals surface area (Å²) < 4.78 is 10.4. The fraction of sp³-hybridized carbons (Fsp3) is 0.400. The molecule has 3 heteroatoms. The second-order valence-electron chi connectivity index (χ2n) is 4.37. The average molecular weight is 246 g/mol. The van der Waals surface area contributed by atoms with Crippen LogP contribution in [0.4, 0.5) is 0 Å². The van der Waals surface area contributed by atoms with Gasteiger partial charge < -0.3 is 9.47 Å². The molecule has 0 fully saturated rings. The van der Waals surface area contributed by atoms with Crippen molar-refractivity contribution in [3.63, 3.8) is 0 Å². The highest BCUT2D eigenvalue weighted by atomic mass is 16.5. The van der Waals surface area contributed by atoms with Gasteiger partial charge in [-0.05, 0) is 49.5 Å². The molecule has 3 nitrogen and oxygen atoms in total. The highest BCUT2D eigenvalue weighted by molar-refractivity contribution is 6.09. The molecule has 0 amide bonds. The summed E-state index contributed by atoms with van der Waals surface area (Å²) in [6.07, 6.45) is 6.23. The Morgan fingerprint density at radius 1 is 1.11 bits per heavy atom. The predicted octanol–water partition coefficient (Wildman–Crippen LogP) is 3.39. The van der Waals surface area contributed by atoms with Crippen molar-refractivity contribution < 1.29 is 14.3 Å². The van der Waals surface area contributed by atoms with Gasteiger partial charge in [-0.1, -0.05) is 6.08 Å². The zero-order chi connectivity index (χ0) is 13.0. The van der Waals surface area contributed by atoms with Crippen LogP contribution in [-0.2, 0) is 0 Å². The Balaban J connectivity index is 2.27. The van der Waals surface area contributed by atoms with E-state index in [1.54, 1.807) is 32.4 Å². The number of carbonyl (C=O) groups excluding carboxylic acids is 1. The second kappa shape index (κ2) is 5.71. The third-order valence-electron chi connectivity index (χ3n) is 3.23. The first-order chi connectivity index (χ1) is 8.76. The Bertz CT molecular complexity index is 475. The fourth-order valence-corrected chi connectivity index (χ4v) is 2.21. The number of ketones is 1. The summed E-state index contributed by atoms with van der Waals surface area (Å²) in [5, 5.41) is 0. The van der Waals surface area contributed by atoms with Crippen LogP contribution < -0.4 is 9.47 Å². The van der Waals surface area contributed by atoms with Crippen LogP contribution in [0.1, 0.15) is 36.0 Å². The lowest BCUT2D eigenvalue weighted by atomic mass is 9.93. The van der Waals surface area contributed by atoms with Crippen molar-refractivity contribution in [2.75, 3.05) is 14.2 Å². The van der Waals surface area contributed by atoms with E-state index < -0.39 is 0 Å². The van der Waals surface area contributed by atoms with E-state index in [0.717, 1.165) is 24.8 Å². The average Bonchev–Trinajstić information content (AvgIpc) is 2.46. The molecule has 1 aliphatic carbocycles. The van der Waals surface area contributed by atoms with Crippen LogP contribution >= 0.6 is 0 Å². The molecule has 1 aromatic carbocycles. The van der Waals surface area contributed by atoms with Crippen molar-refractivity contribution in [3.05, 3.63) is 35.4 Å². The molecule has 0 aromatic heterocycles. The topological polar surface area (TPSA) is 35.5 Å². The highest BCUT2D eigenvalue weighted by Gasteiger charge is 2.16. The molecule has 0 saturated heterocycles. The number of hydrogen-bond acceptors (Lipinski definition) is 3. The van der Waals surface area contributed by atoms with E-state index in [2.05, 4.69) is 6.08 Å². The number of rotatable bonds is 4. The number of ether oxygens (including phenoxy) is 2. The van der Waals surface area contributed by atoms with Crippen molar-refractivity contribution in [2.24, 2.45) is 0 Å². The minimum atomic E-state index is 0.107. The summed E-state index contributed by atoms with van der Waals surface area (Å²) in [7, 11) is 3.16. The summed E-state index contributed by atoms with van der Waals surface area (Å²) in [5.74, 6) is 1.35. The van der Waals surface area contributed by atoms with Gasteiger partial charge in [0.2, 0.25) is 0 Å². The van der Waals surface area contributed by atoms with Crippen molar-refractivity contribution in [1.29, 1.82) is 0 Å². The molecule has 0 unspecified atom stereocenters. The first-order valence-corrected chi connectivity index (χ1v) is 6.22. The Morgan fingerprint density at radius 3 is 2.50 bits per heavy atom. The maximum Gasteiger partial charge on any atom is 0.188 e. The van der Waals surface area contributed by atoms with Crippen LogP contribution in [0.2, 0.25) is 0 Å². The number of carbonyl (C=O) groups is 1. The van der Waals surface area contributed by atoms with E-state index in [1.165, 1.54) is 6.42 Å². The number of allylic oxidation sites excluding steroid dienone is 2. The van der Waals surface area contributed by atoms with Crippen LogP contribution in [0.25, 0.3) is 0 Å². The second-order valence-corrected chi connectivity index (χ2v) is 4.37. The number of methoxy groups -OCH3 is 2. The van der Waals surface area contributed by atoms with E-state index >= 15 is 0 Å². The van der Waals surface area contributed by atoms with Gasteiger partial charge in [0, 0.05) is 5.56 Å². The lowest BCUT2D eigenvalue weighted by Gasteiger charge is -2.13. The van der Waals surface area contributed by atoms with Crippen molar-refractivity contribution >= 4 is 5.78 Å². The lowest BCUT2D eigenvalue weighted by molar-refractivity contribution is 0.102. The van der Waals surface area contributed by atoms with Crippen LogP contribution in [0, 0.1) is 0 Å². The van der Waals surface area contributed by atoms with Crippen molar-refractivity contribution in [2.45, 2.75) is 25.7 Å². The van der Waals surface area contributed by atoms with E-state index in [-0.39, 0.29) is 5.78 Å². The Kier molecular flexibility index (Phi) is 4.03. The molecule has 0 bridgehead atoms. The SMILES string of the molecule is COc1ccc(C(=O)C2=CCCCC2)cc1OC. The zero-order valence-corrected chi connectivity index (χ0v) is 10.9. The van der Waals surface area contributed by atoms with Gasteiger partial charge in [0.1, 0.15) is 0 Å². The van der Waals surface area contributed by atoms with Crippen LogP contribution in [0.3, 0.4) is 0 Å². The van der Waals surface area contributed by atoms with Crippen LogP contribution in [0.5, 0.6) is 11.5 Å². The maximum absolute atomic E-state index is 12.3. The minimum Gasteiger partial charge on any atom is -0.493 e. The normalized spacial score (nSPS) is 14.9. The molecule has 0 atom stereocenters. The molecule has 96 valence electrons. The largest absolute Gasteiger partial charge is 0.493 e. The molecule has 18 heavy (non-hydrogen) atoms. The Hall–Kier alpha value is -1.77. The van der Waals surface area contributed by atoms with Gasteiger partial charge in [-0.3, -0.25) is 4.79 Å². The van der Waals surface area contributed by atoms with Gasteiger partial charge in [-0.25, -0.2) is 0 Å². The molecule has 1 aromatic rings. The molecule has 0 saturated carbocycles. The molecular formula is C15H18O3. The molecule has 0 heterocycles. The van der Waals surface area contributed by atoms with Gasteiger partial charge in [0.15, 0.2) is 17.3 Å². The first kappa shape index (κ1) is 12.7. The maximum atomic E-state index is 12.3. The summed E-state index contributed by atoms with van der Waals surface area (Å²) >= 11 is 0. The van der Waals surface area contributed by atoms with E-state index in [4.69, 9.17) is 9.47 Å². The minimum absolute atomic E-state index is 0.107. The standard InChI is InChI=1S/C15H18O3/c1-17-13-9-8-12(10-14(13)18-2)15(16)11-6-4-3-5-7-11/h6,8-10H,3-5,7H2,1-2H3. The van der Waals surface area contributed by atoms with Gasteiger partial charge in [0.05, 0.1) is 14.2 Å². The summed E-state index contributed by atoms with van der Waals surface area (Å²) in [6.45, 7) is 0. The van der Waals surface area contributed by atoms with Crippen LogP contribution in [-0.4, -0.2) is 20.0 Å². The Morgan fingerprint density at radius 2 is 1.89 bits per heavy atom. The molecule has 1 aliphatic rings. The van der Waals surface area contributed by atoms with Crippen molar-refractivity contribution in [1.82, 2.24) is 0 Å². The van der Waals surface area contributed by atoms with Gasteiger partial charge in [0.25, 0.3) is 0 Å². The van der Waals surface area contributed by atoms with E-state index in [0.29, 0.717) is 17.1 Å². The molecular weight excluding hydrogens is 228 g/mol. The molecule has 0 N–H and O–H groups in total. The highest BCUT2D eigenvalue weighted by Crippen LogP contribution is 2.29. The van der Waals surface area contributed by atoms with Gasteiger partial charge in [-0.2, -0.15) is 0 Å². The van der Waals surface area contributed by atoms with Gasteiger partial charge >= 0.3 is 0 Å². The smallest absolute Gasteiger partial charge is 0.188 e. The number of Topliss-reactive ketones (excluding diaryl/α,β-unsaturated/α-hetero) is 1. The van der Waals surface area contributed by atoms with Gasteiger partial charge in [-0.15, -0.1) is 0 Å². The lowest BCUT2D eigenvalue weighted by Crippen LogP contribution is -2.07. The van der Waals surface area contributed by atoms with E-state index in [1.807, 2.05) is 0 Å². The zero-order valence-electron chi connectivity index (χ0n) is 10.9. The quantitative estimate of drug-likeness (QED) is 0.764. The number of benzene rings is 1. The Labute approximate surface area is 107 Å². The van der Waals surface area contributed by atoms with E-state index in [9.17, 15) is 4.79 Å². The summed E-state index contributed by atoms with van der Waals surface area (Å²) in [4.78, 5) is 12.3. The molecule has 0 radical (unpaired) electrons. The summed E-state index contributed by atoms with van der Waals surface area (Å²) in [5.41, 5.74) is 1.59. The number of hydrogen-bond donors (Lipinski definition) is 0. The monoisotopic (exact) mass is 246 g/mol. The molecule has 0 spiro atoms. The summed E-state index contributed by atoms with van der Waals surface area (Å²) in [6, 6.07) is 5.31. The fourth-order valence-electron chi connectivity index (χ4n) is 2.21. The molecule has 2 rings (SSSR count). The first-order valence-electron chi connectivity index (χ1n) is 6.22. The third kappa shape index (κ3) is 2.55. The van der Waals surface area contributed by atoms with Crippen molar-refractivity contribution in [3.8, 4) is 11.5 Å².